The first-order chi connectivity index (χ1) is 14.1. The van der Waals surface area contributed by atoms with Gasteiger partial charge >= 0.3 is 0 Å². The highest BCUT2D eigenvalue weighted by Crippen LogP contribution is 2.42. The summed E-state index contributed by atoms with van der Waals surface area (Å²) in [5.41, 5.74) is 3.43. The average Bonchev–Trinajstić information content (AvgIpc) is 3.17. The Balaban J connectivity index is 1.96. The Kier molecular flexibility index (Phi) is 6.04. The fourth-order valence-electron chi connectivity index (χ4n) is 4.09. The number of sulfone groups is 1. The highest BCUT2D eigenvalue weighted by molar-refractivity contribution is 7.93. The van der Waals surface area contributed by atoms with Crippen LogP contribution in [0.15, 0.2) is 41.3 Å². The third kappa shape index (κ3) is 3.99. The predicted molar refractivity (Wildman–Crippen MR) is 118 cm³/mol. The molecule has 0 unspecified atom stereocenters. The SMILES string of the molecule is CC(=O)Nc1ccc(NC(=O)C2(S(=O)(=O)c3cc(C)ccc3C)CCCC2)cc1C. The zero-order valence-electron chi connectivity index (χ0n) is 17.8. The van der Waals surface area contributed by atoms with E-state index in [-0.39, 0.29) is 10.8 Å². The molecule has 0 atom stereocenters. The lowest BCUT2D eigenvalue weighted by Crippen LogP contribution is -2.47. The molecular formula is C23H28N2O4S. The van der Waals surface area contributed by atoms with Gasteiger partial charge in [-0.05, 0) is 74.6 Å². The summed E-state index contributed by atoms with van der Waals surface area (Å²) in [4.78, 5) is 24.9. The van der Waals surface area contributed by atoms with Crippen LogP contribution in [0, 0.1) is 20.8 Å². The molecule has 2 amide bonds. The van der Waals surface area contributed by atoms with Crippen molar-refractivity contribution in [3.05, 3.63) is 53.1 Å². The van der Waals surface area contributed by atoms with Gasteiger partial charge in [0, 0.05) is 18.3 Å². The smallest absolute Gasteiger partial charge is 0.246 e. The van der Waals surface area contributed by atoms with Crippen LogP contribution in [-0.2, 0) is 19.4 Å². The van der Waals surface area contributed by atoms with Gasteiger partial charge in [-0.2, -0.15) is 0 Å². The van der Waals surface area contributed by atoms with Crippen LogP contribution in [0.4, 0.5) is 11.4 Å². The van der Waals surface area contributed by atoms with E-state index in [1.807, 2.05) is 19.9 Å². The summed E-state index contributed by atoms with van der Waals surface area (Å²) in [5.74, 6) is -0.674. The maximum absolute atomic E-state index is 13.7. The third-order valence-corrected chi connectivity index (χ3v) is 8.41. The first-order valence-corrected chi connectivity index (χ1v) is 11.6. The van der Waals surface area contributed by atoms with E-state index in [1.165, 1.54) is 6.92 Å². The van der Waals surface area contributed by atoms with E-state index in [9.17, 15) is 18.0 Å². The van der Waals surface area contributed by atoms with Gasteiger partial charge in [-0.15, -0.1) is 0 Å². The van der Waals surface area contributed by atoms with Crippen LogP contribution in [0.3, 0.4) is 0 Å². The van der Waals surface area contributed by atoms with Crippen LogP contribution < -0.4 is 10.6 Å². The summed E-state index contributed by atoms with van der Waals surface area (Å²) in [6.07, 6.45) is 1.99. The van der Waals surface area contributed by atoms with Gasteiger partial charge in [-0.25, -0.2) is 8.42 Å². The molecule has 0 aromatic heterocycles. The predicted octanol–water partition coefficient (Wildman–Crippen LogP) is 4.30. The van der Waals surface area contributed by atoms with Crippen LogP contribution in [-0.4, -0.2) is 25.0 Å². The fourth-order valence-corrected chi connectivity index (χ4v) is 6.46. The highest BCUT2D eigenvalue weighted by Gasteiger charge is 2.53. The monoisotopic (exact) mass is 428 g/mol. The number of aryl methyl sites for hydroxylation is 3. The maximum Gasteiger partial charge on any atom is 0.246 e. The molecule has 0 radical (unpaired) electrons. The second kappa shape index (κ2) is 8.22. The molecule has 0 saturated heterocycles. The van der Waals surface area contributed by atoms with Crippen LogP contribution in [0.2, 0.25) is 0 Å². The number of amides is 2. The van der Waals surface area contributed by atoms with Gasteiger partial charge in [0.25, 0.3) is 0 Å². The number of carbonyl (C=O) groups is 2. The lowest BCUT2D eigenvalue weighted by Gasteiger charge is -2.28. The number of hydrogen-bond acceptors (Lipinski definition) is 4. The molecule has 1 aliphatic rings. The lowest BCUT2D eigenvalue weighted by atomic mass is 10.1. The number of benzene rings is 2. The Hall–Kier alpha value is -2.67. The van der Waals surface area contributed by atoms with Crippen molar-refractivity contribution in [1.82, 2.24) is 0 Å². The Morgan fingerprint density at radius 2 is 1.57 bits per heavy atom. The van der Waals surface area contributed by atoms with Crippen molar-refractivity contribution in [2.24, 2.45) is 0 Å². The Labute approximate surface area is 178 Å². The molecular weight excluding hydrogens is 400 g/mol. The minimum atomic E-state index is -3.88. The Bertz CT molecular complexity index is 1100. The Morgan fingerprint density at radius 1 is 0.900 bits per heavy atom. The molecule has 6 nitrogen and oxygen atoms in total. The molecule has 2 N–H and O–H groups in total. The van der Waals surface area contributed by atoms with Crippen molar-refractivity contribution in [2.45, 2.75) is 63.0 Å². The molecule has 1 aliphatic carbocycles. The largest absolute Gasteiger partial charge is 0.326 e. The molecule has 0 aliphatic heterocycles. The summed E-state index contributed by atoms with van der Waals surface area (Å²) in [7, 11) is -3.88. The van der Waals surface area contributed by atoms with Crippen LogP contribution in [0.5, 0.6) is 0 Å². The standard InChI is InChI=1S/C23H28N2O4S/c1-15-7-8-16(2)21(13-15)30(28,29)23(11-5-6-12-23)22(27)25-19-9-10-20(17(3)14-19)24-18(4)26/h7-10,13-14H,5-6,11-12H2,1-4H3,(H,24,26)(H,25,27). The topological polar surface area (TPSA) is 92.3 Å². The van der Waals surface area contributed by atoms with Crippen molar-refractivity contribution >= 4 is 33.0 Å². The number of anilines is 2. The fraction of sp³-hybridized carbons (Fsp3) is 0.391. The number of rotatable bonds is 5. The summed E-state index contributed by atoms with van der Waals surface area (Å²) < 4.78 is 25.9. The first kappa shape index (κ1) is 22.0. The van der Waals surface area contributed by atoms with Gasteiger partial charge in [0.15, 0.2) is 14.6 Å². The molecule has 0 bridgehead atoms. The number of carbonyl (C=O) groups excluding carboxylic acids is 2. The van der Waals surface area contributed by atoms with Gasteiger partial charge in [0.1, 0.15) is 0 Å². The van der Waals surface area contributed by atoms with E-state index < -0.39 is 20.5 Å². The summed E-state index contributed by atoms with van der Waals surface area (Å²) >= 11 is 0. The van der Waals surface area contributed by atoms with E-state index in [2.05, 4.69) is 10.6 Å². The van der Waals surface area contributed by atoms with E-state index in [0.717, 1.165) is 11.1 Å². The second-order valence-corrected chi connectivity index (χ2v) is 10.4. The molecule has 30 heavy (non-hydrogen) atoms. The van der Waals surface area contributed by atoms with Gasteiger partial charge in [0.05, 0.1) is 4.90 Å². The molecule has 1 saturated carbocycles. The number of hydrogen-bond donors (Lipinski definition) is 2. The molecule has 0 heterocycles. The minimum absolute atomic E-state index is 0.181. The summed E-state index contributed by atoms with van der Waals surface area (Å²) in [6.45, 7) is 6.85. The van der Waals surface area contributed by atoms with Crippen molar-refractivity contribution < 1.29 is 18.0 Å². The van der Waals surface area contributed by atoms with Gasteiger partial charge in [-0.3, -0.25) is 9.59 Å². The van der Waals surface area contributed by atoms with Crippen molar-refractivity contribution in [3.63, 3.8) is 0 Å². The molecule has 2 aromatic carbocycles. The molecule has 2 aromatic rings. The zero-order valence-corrected chi connectivity index (χ0v) is 18.7. The quantitative estimate of drug-likeness (QED) is 0.743. The molecule has 1 fully saturated rings. The van der Waals surface area contributed by atoms with Gasteiger partial charge in [0.2, 0.25) is 11.8 Å². The van der Waals surface area contributed by atoms with E-state index in [4.69, 9.17) is 0 Å². The highest BCUT2D eigenvalue weighted by atomic mass is 32.2. The lowest BCUT2D eigenvalue weighted by molar-refractivity contribution is -0.118. The Morgan fingerprint density at radius 3 is 2.17 bits per heavy atom. The molecule has 7 heteroatoms. The van der Waals surface area contributed by atoms with E-state index in [0.29, 0.717) is 42.6 Å². The van der Waals surface area contributed by atoms with Gasteiger partial charge in [-0.1, -0.05) is 25.0 Å². The first-order valence-electron chi connectivity index (χ1n) is 10.1. The summed E-state index contributed by atoms with van der Waals surface area (Å²) in [5, 5.41) is 5.55. The van der Waals surface area contributed by atoms with Crippen molar-refractivity contribution in [3.8, 4) is 0 Å². The van der Waals surface area contributed by atoms with Crippen molar-refractivity contribution in [2.75, 3.05) is 10.6 Å². The number of nitrogens with one attached hydrogen (secondary N) is 2. The van der Waals surface area contributed by atoms with Crippen molar-refractivity contribution in [1.29, 1.82) is 0 Å². The molecule has 0 spiro atoms. The third-order valence-electron chi connectivity index (χ3n) is 5.77. The second-order valence-electron chi connectivity index (χ2n) is 8.14. The van der Waals surface area contributed by atoms with Crippen LogP contribution in [0.25, 0.3) is 0 Å². The summed E-state index contributed by atoms with van der Waals surface area (Å²) in [6, 6.07) is 10.4. The average molecular weight is 429 g/mol. The minimum Gasteiger partial charge on any atom is -0.326 e. The normalized spacial score (nSPS) is 15.6. The zero-order chi connectivity index (χ0) is 22.1. The van der Waals surface area contributed by atoms with Crippen LogP contribution >= 0.6 is 0 Å². The van der Waals surface area contributed by atoms with E-state index in [1.54, 1.807) is 37.3 Å². The van der Waals surface area contributed by atoms with E-state index >= 15 is 0 Å². The maximum atomic E-state index is 13.7. The van der Waals surface area contributed by atoms with Gasteiger partial charge < -0.3 is 10.6 Å². The molecule has 3 rings (SSSR count). The molecule has 160 valence electrons. The van der Waals surface area contributed by atoms with Crippen LogP contribution in [0.1, 0.15) is 49.3 Å².